The van der Waals surface area contributed by atoms with E-state index in [0.29, 0.717) is 0 Å². The van der Waals surface area contributed by atoms with Gasteiger partial charge in [-0.1, -0.05) is 0 Å². The Labute approximate surface area is 185 Å². The molecule has 0 aromatic rings. The smallest absolute Gasteiger partial charge is 0.317 e. The number of hydrogen-bond acceptors (Lipinski definition) is 3. The summed E-state index contributed by atoms with van der Waals surface area (Å²) >= 11 is 0. The van der Waals surface area contributed by atoms with Crippen molar-refractivity contribution in [2.75, 3.05) is 0 Å². The first kappa shape index (κ1) is 30.7. The fourth-order valence-corrected chi connectivity index (χ4v) is 20.6. The fraction of sp³-hybridized carbons (Fsp3) is 1.00. The van der Waals surface area contributed by atoms with Gasteiger partial charge in [-0.15, -0.1) is 0 Å². The van der Waals surface area contributed by atoms with Gasteiger partial charge in [0.15, 0.2) is 0 Å². The molecule has 1 heterocycles. The third-order valence-corrected chi connectivity index (χ3v) is 18.8. The standard InChI is InChI=1S/C15H24F12O3Si3/c1-31(7-4-13(22,23)10(16)17)28-32(2,8-5-14(24,25)11(18)19)30-33(3,29-31)9-6-15(26,27)12(20)21/h10-12H,4-9H2,1-3H3. The highest BCUT2D eigenvalue weighted by atomic mass is 28.5. The van der Waals surface area contributed by atoms with E-state index in [2.05, 4.69) is 0 Å². The molecule has 1 rings (SSSR count). The Morgan fingerprint density at radius 3 is 0.818 bits per heavy atom. The highest BCUT2D eigenvalue weighted by molar-refractivity contribution is 6.93. The molecule has 0 atom stereocenters. The summed E-state index contributed by atoms with van der Waals surface area (Å²) in [5, 5.41) is 0. The number of alkyl halides is 12. The van der Waals surface area contributed by atoms with E-state index in [4.69, 9.17) is 12.3 Å². The number of halogens is 12. The Morgan fingerprint density at radius 1 is 0.485 bits per heavy atom. The van der Waals surface area contributed by atoms with Gasteiger partial charge < -0.3 is 12.3 Å². The minimum Gasteiger partial charge on any atom is -0.416 e. The third-order valence-electron chi connectivity index (χ3n) is 4.99. The average molecular weight is 565 g/mol. The van der Waals surface area contributed by atoms with Gasteiger partial charge in [-0.3, -0.25) is 0 Å². The van der Waals surface area contributed by atoms with Gasteiger partial charge in [0, 0.05) is 19.3 Å². The first-order valence-electron chi connectivity index (χ1n) is 9.66. The van der Waals surface area contributed by atoms with E-state index < -0.39 is 100 Å². The SMILES string of the molecule is C[Si]1(CCC(F)(F)C(F)F)O[Si](C)(CCC(F)(F)C(F)F)O[Si](C)(CCC(F)(F)C(F)F)O1. The van der Waals surface area contributed by atoms with Crippen LogP contribution in [0, 0.1) is 0 Å². The van der Waals surface area contributed by atoms with Crippen LogP contribution in [0.15, 0.2) is 0 Å². The molecule has 1 saturated heterocycles. The monoisotopic (exact) mass is 564 g/mol. The van der Waals surface area contributed by atoms with Crippen LogP contribution in [0.25, 0.3) is 0 Å². The average Bonchev–Trinajstić information content (AvgIpc) is 2.62. The molecule has 0 aliphatic carbocycles. The maximum Gasteiger partial charge on any atom is 0.317 e. The topological polar surface area (TPSA) is 27.7 Å². The zero-order chi connectivity index (χ0) is 26.1. The van der Waals surface area contributed by atoms with E-state index in [-0.39, 0.29) is 0 Å². The number of rotatable bonds is 12. The van der Waals surface area contributed by atoms with Crippen molar-refractivity contribution < 1.29 is 65.0 Å². The van der Waals surface area contributed by atoms with Crippen LogP contribution >= 0.6 is 0 Å². The van der Waals surface area contributed by atoms with Crippen molar-refractivity contribution in [3.8, 4) is 0 Å². The summed E-state index contributed by atoms with van der Waals surface area (Å²) in [5.74, 6) is -13.4. The molecule has 18 heteroatoms. The molecule has 0 bridgehead atoms. The maximum atomic E-state index is 13.4. The van der Waals surface area contributed by atoms with Crippen LogP contribution in [0.2, 0.25) is 37.8 Å². The molecule has 0 amide bonds. The normalized spacial score (nSPS) is 30.0. The molecular formula is C15H24F12O3Si3. The van der Waals surface area contributed by atoms with Gasteiger partial charge in [0.25, 0.3) is 0 Å². The van der Waals surface area contributed by atoms with Gasteiger partial charge in [-0.2, -0.15) is 0 Å². The van der Waals surface area contributed by atoms with Crippen molar-refractivity contribution in [2.45, 2.75) is 94.1 Å². The van der Waals surface area contributed by atoms with Crippen molar-refractivity contribution in [1.29, 1.82) is 0 Å². The molecule has 0 aromatic carbocycles. The van der Waals surface area contributed by atoms with Crippen LogP contribution in [-0.4, -0.2) is 62.7 Å². The first-order valence-corrected chi connectivity index (χ1v) is 17.2. The molecule has 0 spiro atoms. The lowest BCUT2D eigenvalue weighted by atomic mass is 10.3. The van der Waals surface area contributed by atoms with E-state index in [0.717, 1.165) is 19.6 Å². The maximum absolute atomic E-state index is 13.4. The van der Waals surface area contributed by atoms with Crippen molar-refractivity contribution >= 4 is 25.7 Å². The highest BCUT2D eigenvalue weighted by Crippen LogP contribution is 2.43. The lowest BCUT2D eigenvalue weighted by molar-refractivity contribution is -0.131. The van der Waals surface area contributed by atoms with Gasteiger partial charge >= 0.3 is 62.7 Å². The van der Waals surface area contributed by atoms with Crippen LogP contribution in [0.1, 0.15) is 19.3 Å². The Bertz CT molecular complexity index is 561. The second-order valence-corrected chi connectivity index (χ2v) is 19.1. The van der Waals surface area contributed by atoms with Gasteiger partial charge in [-0.25, -0.2) is 52.7 Å². The summed E-state index contributed by atoms with van der Waals surface area (Å²) in [5.41, 5.74) is 0. The molecule has 0 radical (unpaired) electrons. The Morgan fingerprint density at radius 2 is 0.667 bits per heavy atom. The molecule has 0 N–H and O–H groups in total. The highest BCUT2D eigenvalue weighted by Gasteiger charge is 2.59. The summed E-state index contributed by atoms with van der Waals surface area (Å²) in [7, 11) is -12.0. The Balaban J connectivity index is 3.17. The lowest BCUT2D eigenvalue weighted by Crippen LogP contribution is -2.68. The molecule has 33 heavy (non-hydrogen) atoms. The Hall–Kier alpha value is -0.309. The largest absolute Gasteiger partial charge is 0.416 e. The second kappa shape index (κ2) is 10.4. The quantitative estimate of drug-likeness (QED) is 0.186. The third kappa shape index (κ3) is 8.69. The van der Waals surface area contributed by atoms with E-state index in [1.54, 1.807) is 0 Å². The van der Waals surface area contributed by atoms with Crippen molar-refractivity contribution in [2.24, 2.45) is 0 Å². The van der Waals surface area contributed by atoms with Crippen LogP contribution in [0.4, 0.5) is 52.7 Å². The molecule has 1 aliphatic heterocycles. The molecule has 1 aliphatic rings. The molecule has 0 aromatic heterocycles. The molecule has 3 nitrogen and oxygen atoms in total. The predicted octanol–water partition coefficient (Wildman–Crippen LogP) is 7.14. The van der Waals surface area contributed by atoms with Crippen LogP contribution in [-0.2, 0) is 12.3 Å². The van der Waals surface area contributed by atoms with E-state index in [9.17, 15) is 52.7 Å². The van der Waals surface area contributed by atoms with Gasteiger partial charge in [0.05, 0.1) is 0 Å². The summed E-state index contributed by atoms with van der Waals surface area (Å²) in [6, 6.07) is -2.47. The first-order chi connectivity index (χ1) is 14.6. The van der Waals surface area contributed by atoms with Crippen molar-refractivity contribution in [1.82, 2.24) is 0 Å². The lowest BCUT2D eigenvalue weighted by Gasteiger charge is -2.51. The summed E-state index contributed by atoms with van der Waals surface area (Å²) in [6.45, 7) is 3.30. The van der Waals surface area contributed by atoms with Crippen molar-refractivity contribution in [3.05, 3.63) is 0 Å². The van der Waals surface area contributed by atoms with Crippen LogP contribution in [0.5, 0.6) is 0 Å². The van der Waals surface area contributed by atoms with Gasteiger partial charge in [0.1, 0.15) is 0 Å². The van der Waals surface area contributed by atoms with E-state index >= 15 is 0 Å². The summed E-state index contributed by atoms with van der Waals surface area (Å²) < 4.78 is 172. The van der Waals surface area contributed by atoms with Gasteiger partial charge in [0.2, 0.25) is 0 Å². The van der Waals surface area contributed by atoms with Crippen LogP contribution in [0.3, 0.4) is 0 Å². The molecule has 1 fully saturated rings. The number of hydrogen-bond donors (Lipinski definition) is 0. The molecule has 0 saturated carbocycles. The zero-order valence-electron chi connectivity index (χ0n) is 17.7. The summed E-state index contributed by atoms with van der Waals surface area (Å²) in [6.07, 6.45) is -16.5. The van der Waals surface area contributed by atoms with Crippen LogP contribution < -0.4 is 0 Å². The molecular weight excluding hydrogens is 540 g/mol. The fourth-order valence-electron chi connectivity index (χ4n) is 3.25. The molecule has 198 valence electrons. The predicted molar refractivity (Wildman–Crippen MR) is 99.2 cm³/mol. The zero-order valence-corrected chi connectivity index (χ0v) is 20.7. The van der Waals surface area contributed by atoms with E-state index in [1.165, 1.54) is 0 Å². The van der Waals surface area contributed by atoms with Crippen molar-refractivity contribution in [3.63, 3.8) is 0 Å². The van der Waals surface area contributed by atoms with E-state index in [1.807, 2.05) is 0 Å². The Kier molecular flexibility index (Phi) is 9.64. The minimum atomic E-state index is -4.47. The second-order valence-electron chi connectivity index (χ2n) is 8.39. The molecule has 0 unspecified atom stereocenters. The summed E-state index contributed by atoms with van der Waals surface area (Å²) in [4.78, 5) is 0. The minimum absolute atomic E-state index is 0.824. The van der Waals surface area contributed by atoms with Gasteiger partial charge in [-0.05, 0) is 37.8 Å².